The van der Waals surface area contributed by atoms with Gasteiger partial charge in [0, 0.05) is 5.57 Å². The first-order valence-electron chi connectivity index (χ1n) is 6.56. The highest BCUT2D eigenvalue weighted by Crippen LogP contribution is 2.20. The molecule has 2 N–H and O–H groups in total. The fraction of sp³-hybridized carbons (Fsp3) is 0.353. The van der Waals surface area contributed by atoms with E-state index in [1.807, 2.05) is 13.0 Å². The predicted molar refractivity (Wildman–Crippen MR) is 83.7 cm³/mol. The first kappa shape index (κ1) is 17.2. The van der Waals surface area contributed by atoms with Gasteiger partial charge in [0.25, 0.3) is 0 Å². The molecule has 0 fully saturated rings. The highest BCUT2D eigenvalue weighted by molar-refractivity contribution is 5.95. The zero-order valence-electron chi connectivity index (χ0n) is 12.3. The van der Waals surface area contributed by atoms with Crippen LogP contribution in [0.15, 0.2) is 59.8 Å². The first-order chi connectivity index (χ1) is 8.92. The van der Waals surface area contributed by atoms with E-state index in [0.29, 0.717) is 5.57 Å². The molecule has 0 aliphatic rings. The van der Waals surface area contributed by atoms with Gasteiger partial charge in [-0.15, -0.1) is 0 Å². The average molecular weight is 259 g/mol. The van der Waals surface area contributed by atoms with Crippen molar-refractivity contribution in [3.05, 3.63) is 59.8 Å². The number of amides is 1. The van der Waals surface area contributed by atoms with Gasteiger partial charge in [-0.25, -0.2) is 0 Å². The van der Waals surface area contributed by atoms with Gasteiger partial charge in [0.05, 0.1) is 0 Å². The SMILES string of the molecule is C=C/C=C/C(=C\C(CCC)=C(/C)CC(=C)C)C(N)=O. The summed E-state index contributed by atoms with van der Waals surface area (Å²) in [5.74, 6) is -0.421. The highest BCUT2D eigenvalue weighted by Gasteiger charge is 2.05. The normalized spacial score (nSPS) is 13.3. The Morgan fingerprint density at radius 3 is 2.37 bits per heavy atom. The van der Waals surface area contributed by atoms with Gasteiger partial charge in [-0.1, -0.05) is 49.8 Å². The number of primary amides is 1. The third kappa shape index (κ3) is 7.24. The summed E-state index contributed by atoms with van der Waals surface area (Å²) in [5.41, 5.74) is 9.40. The monoisotopic (exact) mass is 259 g/mol. The van der Waals surface area contributed by atoms with E-state index in [2.05, 4.69) is 27.0 Å². The topological polar surface area (TPSA) is 43.1 Å². The van der Waals surface area contributed by atoms with Gasteiger partial charge in [-0.2, -0.15) is 0 Å². The van der Waals surface area contributed by atoms with E-state index in [1.54, 1.807) is 18.2 Å². The average Bonchev–Trinajstić information content (AvgIpc) is 2.31. The summed E-state index contributed by atoms with van der Waals surface area (Å²) in [6.07, 6.45) is 9.72. The fourth-order valence-corrected chi connectivity index (χ4v) is 1.81. The van der Waals surface area contributed by atoms with Crippen molar-refractivity contribution in [3.63, 3.8) is 0 Å². The standard InChI is InChI=1S/C17H25NO/c1-6-8-10-16(17(18)19)12-15(9-7-2)14(5)11-13(3)4/h6,8,10,12H,1,3,7,9,11H2,2,4-5H3,(H2,18,19)/b10-8+,15-14+,16-12+. The molecule has 0 aromatic heterocycles. The summed E-state index contributed by atoms with van der Waals surface area (Å²) in [5, 5.41) is 0. The molecule has 0 radical (unpaired) electrons. The number of rotatable bonds is 8. The summed E-state index contributed by atoms with van der Waals surface area (Å²) in [7, 11) is 0. The smallest absolute Gasteiger partial charge is 0.248 e. The summed E-state index contributed by atoms with van der Waals surface area (Å²) < 4.78 is 0. The highest BCUT2D eigenvalue weighted by atomic mass is 16.1. The maximum absolute atomic E-state index is 11.4. The molecule has 0 aromatic carbocycles. The van der Waals surface area contributed by atoms with Crippen LogP contribution < -0.4 is 5.73 Å². The quantitative estimate of drug-likeness (QED) is 0.396. The van der Waals surface area contributed by atoms with Gasteiger partial charge >= 0.3 is 0 Å². The van der Waals surface area contributed by atoms with Gasteiger partial charge in [-0.05, 0) is 44.4 Å². The predicted octanol–water partition coefficient (Wildman–Crippen LogP) is 4.22. The molecule has 0 spiro atoms. The van der Waals surface area contributed by atoms with Crippen LogP contribution >= 0.6 is 0 Å². The van der Waals surface area contributed by atoms with Crippen LogP contribution in [0, 0.1) is 0 Å². The lowest BCUT2D eigenvalue weighted by atomic mass is 9.97. The second kappa shape index (κ2) is 9.15. The van der Waals surface area contributed by atoms with E-state index in [9.17, 15) is 4.79 Å². The van der Waals surface area contributed by atoms with Crippen LogP contribution in [0.1, 0.15) is 40.0 Å². The van der Waals surface area contributed by atoms with E-state index in [1.165, 1.54) is 5.57 Å². The van der Waals surface area contributed by atoms with Crippen LogP contribution in [0.4, 0.5) is 0 Å². The van der Waals surface area contributed by atoms with Crippen molar-refractivity contribution in [1.82, 2.24) is 0 Å². The van der Waals surface area contributed by atoms with Crippen LogP contribution in [0.25, 0.3) is 0 Å². The molecule has 0 saturated heterocycles. The summed E-state index contributed by atoms with van der Waals surface area (Å²) in [4.78, 5) is 11.4. The molecule has 19 heavy (non-hydrogen) atoms. The van der Waals surface area contributed by atoms with Gasteiger partial charge in [0.2, 0.25) is 5.91 Å². The van der Waals surface area contributed by atoms with Crippen LogP contribution in [0.5, 0.6) is 0 Å². The fourth-order valence-electron chi connectivity index (χ4n) is 1.81. The van der Waals surface area contributed by atoms with Gasteiger partial charge in [0.1, 0.15) is 0 Å². The first-order valence-corrected chi connectivity index (χ1v) is 6.56. The maximum atomic E-state index is 11.4. The summed E-state index contributed by atoms with van der Waals surface area (Å²) >= 11 is 0. The number of carbonyl (C=O) groups excluding carboxylic acids is 1. The Bertz CT molecular complexity index is 436. The van der Waals surface area contributed by atoms with E-state index in [-0.39, 0.29) is 0 Å². The molecule has 2 nitrogen and oxygen atoms in total. The molecule has 0 saturated carbocycles. The molecular formula is C17H25NO. The molecular weight excluding hydrogens is 234 g/mol. The molecule has 0 aliphatic carbocycles. The third-order valence-corrected chi connectivity index (χ3v) is 2.66. The maximum Gasteiger partial charge on any atom is 0.248 e. The number of carbonyl (C=O) groups is 1. The minimum Gasteiger partial charge on any atom is -0.366 e. The number of nitrogens with two attached hydrogens (primary N) is 1. The van der Waals surface area contributed by atoms with Crippen LogP contribution in [-0.4, -0.2) is 5.91 Å². The lowest BCUT2D eigenvalue weighted by molar-refractivity contribution is -0.114. The Morgan fingerprint density at radius 1 is 1.32 bits per heavy atom. The number of hydrogen-bond donors (Lipinski definition) is 1. The molecule has 0 heterocycles. The third-order valence-electron chi connectivity index (χ3n) is 2.66. The Kier molecular flexibility index (Phi) is 8.27. The van der Waals surface area contributed by atoms with Crippen molar-refractivity contribution < 1.29 is 4.79 Å². The minimum absolute atomic E-state index is 0.421. The van der Waals surface area contributed by atoms with Crippen molar-refractivity contribution in [3.8, 4) is 0 Å². The van der Waals surface area contributed by atoms with E-state index >= 15 is 0 Å². The van der Waals surface area contributed by atoms with Crippen LogP contribution in [0.3, 0.4) is 0 Å². The minimum atomic E-state index is -0.421. The zero-order valence-corrected chi connectivity index (χ0v) is 12.3. The Hall–Kier alpha value is -1.83. The summed E-state index contributed by atoms with van der Waals surface area (Å²) in [6, 6.07) is 0. The van der Waals surface area contributed by atoms with Gasteiger partial charge in [0.15, 0.2) is 0 Å². The summed E-state index contributed by atoms with van der Waals surface area (Å²) in [6.45, 7) is 13.7. The molecule has 0 atom stereocenters. The molecule has 104 valence electrons. The second-order valence-corrected chi connectivity index (χ2v) is 4.75. The Morgan fingerprint density at radius 2 is 1.95 bits per heavy atom. The van der Waals surface area contributed by atoms with E-state index in [0.717, 1.165) is 30.4 Å². The lowest BCUT2D eigenvalue weighted by Crippen LogP contribution is -2.12. The van der Waals surface area contributed by atoms with E-state index < -0.39 is 5.91 Å². The van der Waals surface area contributed by atoms with Crippen molar-refractivity contribution in [2.75, 3.05) is 0 Å². The Balaban J connectivity index is 5.47. The van der Waals surface area contributed by atoms with Crippen molar-refractivity contribution in [2.24, 2.45) is 5.73 Å². The molecule has 2 heteroatoms. The molecule has 1 amide bonds. The molecule has 0 rings (SSSR count). The van der Waals surface area contributed by atoms with E-state index in [4.69, 9.17) is 5.73 Å². The Labute approximate surface area is 117 Å². The van der Waals surface area contributed by atoms with Gasteiger partial charge in [-0.3, -0.25) is 4.79 Å². The molecule has 0 bridgehead atoms. The van der Waals surface area contributed by atoms with Gasteiger partial charge < -0.3 is 5.73 Å². The molecule has 0 unspecified atom stereocenters. The lowest BCUT2D eigenvalue weighted by Gasteiger charge is -2.09. The van der Waals surface area contributed by atoms with Crippen molar-refractivity contribution in [2.45, 2.75) is 40.0 Å². The van der Waals surface area contributed by atoms with Crippen LogP contribution in [-0.2, 0) is 4.79 Å². The molecule has 0 aliphatic heterocycles. The molecule has 0 aromatic rings. The zero-order chi connectivity index (χ0) is 14.8. The second-order valence-electron chi connectivity index (χ2n) is 4.75. The largest absolute Gasteiger partial charge is 0.366 e. The number of hydrogen-bond acceptors (Lipinski definition) is 1. The number of allylic oxidation sites excluding steroid dienone is 6. The van der Waals surface area contributed by atoms with Crippen molar-refractivity contribution >= 4 is 5.91 Å². The van der Waals surface area contributed by atoms with Crippen molar-refractivity contribution in [1.29, 1.82) is 0 Å². The van der Waals surface area contributed by atoms with Crippen LogP contribution in [0.2, 0.25) is 0 Å².